The predicted molar refractivity (Wildman–Crippen MR) is 105 cm³/mol. The number of hydrogen-bond donors (Lipinski definition) is 2. The van der Waals surface area contributed by atoms with Gasteiger partial charge < -0.3 is 20.1 Å². The molecule has 0 bridgehead atoms. The summed E-state index contributed by atoms with van der Waals surface area (Å²) < 4.78 is 5.13. The molecule has 7 nitrogen and oxygen atoms in total. The van der Waals surface area contributed by atoms with Crippen molar-refractivity contribution < 1.29 is 24.2 Å². The van der Waals surface area contributed by atoms with E-state index in [1.165, 1.54) is 23.1 Å². The van der Waals surface area contributed by atoms with Crippen molar-refractivity contribution in [3.63, 3.8) is 0 Å². The molecule has 0 radical (unpaired) electrons. The molecule has 0 atom stereocenters. The van der Waals surface area contributed by atoms with Gasteiger partial charge in [0.25, 0.3) is 0 Å². The maximum Gasteiger partial charge on any atom is 0.335 e. The van der Waals surface area contributed by atoms with Gasteiger partial charge in [0.15, 0.2) is 0 Å². The summed E-state index contributed by atoms with van der Waals surface area (Å²) >= 11 is 0. The number of carboxylic acids is 1. The van der Waals surface area contributed by atoms with Crippen molar-refractivity contribution >= 4 is 23.9 Å². The van der Waals surface area contributed by atoms with E-state index in [2.05, 4.69) is 5.32 Å². The van der Waals surface area contributed by atoms with Gasteiger partial charge in [-0.1, -0.05) is 24.3 Å². The number of methoxy groups -OCH3 is 1. The van der Waals surface area contributed by atoms with Crippen LogP contribution in [0.5, 0.6) is 5.75 Å². The average Bonchev–Trinajstić information content (AvgIpc) is 2.70. The van der Waals surface area contributed by atoms with Crippen LogP contribution in [0.15, 0.2) is 54.6 Å². The molecule has 0 aromatic heterocycles. The largest absolute Gasteiger partial charge is 0.497 e. The van der Waals surface area contributed by atoms with E-state index < -0.39 is 5.97 Å². The van der Waals surface area contributed by atoms with Gasteiger partial charge >= 0.3 is 5.97 Å². The Morgan fingerprint density at radius 2 is 1.86 bits per heavy atom. The molecule has 7 heteroatoms. The van der Waals surface area contributed by atoms with Gasteiger partial charge in [-0.3, -0.25) is 9.59 Å². The van der Waals surface area contributed by atoms with Crippen LogP contribution in [-0.2, 0) is 16.1 Å². The van der Waals surface area contributed by atoms with Crippen LogP contribution in [0.2, 0.25) is 0 Å². The van der Waals surface area contributed by atoms with Crippen LogP contribution in [0.1, 0.15) is 21.5 Å². The van der Waals surface area contributed by atoms with Crippen LogP contribution in [0.4, 0.5) is 0 Å². The normalized spacial score (nSPS) is 10.5. The Kier molecular flexibility index (Phi) is 7.33. The van der Waals surface area contributed by atoms with E-state index in [9.17, 15) is 14.4 Å². The minimum atomic E-state index is -1.00. The smallest absolute Gasteiger partial charge is 0.335 e. The Balaban J connectivity index is 1.82. The zero-order valence-electron chi connectivity index (χ0n) is 15.7. The number of amides is 2. The van der Waals surface area contributed by atoms with Crippen molar-refractivity contribution in [1.82, 2.24) is 10.2 Å². The van der Waals surface area contributed by atoms with E-state index in [-0.39, 0.29) is 30.5 Å². The van der Waals surface area contributed by atoms with Crippen molar-refractivity contribution in [3.05, 3.63) is 71.3 Å². The molecule has 0 unspecified atom stereocenters. The van der Waals surface area contributed by atoms with Gasteiger partial charge in [-0.25, -0.2) is 4.79 Å². The van der Waals surface area contributed by atoms with E-state index >= 15 is 0 Å². The summed E-state index contributed by atoms with van der Waals surface area (Å²) in [6.07, 6.45) is 3.05. The molecule has 0 saturated carbocycles. The molecule has 0 saturated heterocycles. The summed E-state index contributed by atoms with van der Waals surface area (Å²) in [5.74, 6) is -0.923. The summed E-state index contributed by atoms with van der Waals surface area (Å²) in [6.45, 7) is 0.162. The van der Waals surface area contributed by atoms with Gasteiger partial charge in [0.1, 0.15) is 5.75 Å². The Labute approximate surface area is 163 Å². The second-order valence-corrected chi connectivity index (χ2v) is 6.08. The number of nitrogens with zero attached hydrogens (tertiary/aromatic N) is 1. The molecule has 0 aliphatic carbocycles. The van der Waals surface area contributed by atoms with E-state index in [4.69, 9.17) is 9.84 Å². The number of hydrogen-bond acceptors (Lipinski definition) is 4. The Morgan fingerprint density at radius 1 is 1.14 bits per heavy atom. The zero-order chi connectivity index (χ0) is 20.5. The van der Waals surface area contributed by atoms with Crippen LogP contribution in [-0.4, -0.2) is 48.5 Å². The highest BCUT2D eigenvalue weighted by atomic mass is 16.5. The van der Waals surface area contributed by atoms with E-state index in [1.54, 1.807) is 38.4 Å². The van der Waals surface area contributed by atoms with Crippen LogP contribution >= 0.6 is 0 Å². The fourth-order valence-electron chi connectivity index (χ4n) is 2.35. The predicted octanol–water partition coefficient (Wildman–Crippen LogP) is 2.18. The lowest BCUT2D eigenvalue weighted by Crippen LogP contribution is -2.37. The van der Waals surface area contributed by atoms with Crippen molar-refractivity contribution in [2.45, 2.75) is 6.54 Å². The average molecular weight is 382 g/mol. The molecule has 0 spiro atoms. The van der Waals surface area contributed by atoms with Gasteiger partial charge in [0, 0.05) is 19.7 Å². The van der Waals surface area contributed by atoms with Crippen LogP contribution < -0.4 is 10.1 Å². The zero-order valence-corrected chi connectivity index (χ0v) is 15.7. The van der Waals surface area contributed by atoms with Crippen molar-refractivity contribution in [2.75, 3.05) is 20.7 Å². The third kappa shape index (κ3) is 6.28. The Hall–Kier alpha value is -3.61. The van der Waals surface area contributed by atoms with E-state index in [0.29, 0.717) is 5.75 Å². The molecule has 0 aliphatic rings. The highest BCUT2D eigenvalue weighted by Crippen LogP contribution is 2.13. The molecule has 0 heterocycles. The molecule has 2 aromatic rings. The Bertz CT molecular complexity index is 875. The fourth-order valence-corrected chi connectivity index (χ4v) is 2.35. The van der Waals surface area contributed by atoms with Gasteiger partial charge in [-0.2, -0.15) is 0 Å². The quantitative estimate of drug-likeness (QED) is 0.682. The van der Waals surface area contributed by atoms with Gasteiger partial charge in [-0.05, 0) is 41.5 Å². The second kappa shape index (κ2) is 9.91. The lowest BCUT2D eigenvalue weighted by atomic mass is 10.1. The highest BCUT2D eigenvalue weighted by Gasteiger charge is 2.10. The molecule has 0 fully saturated rings. The minimum absolute atomic E-state index is 0.0888. The van der Waals surface area contributed by atoms with Gasteiger partial charge in [0.2, 0.25) is 11.8 Å². The molecule has 2 N–H and O–H groups in total. The lowest BCUT2D eigenvalue weighted by molar-refractivity contribution is -0.131. The van der Waals surface area contributed by atoms with Crippen molar-refractivity contribution in [1.29, 1.82) is 0 Å². The maximum atomic E-state index is 12.2. The van der Waals surface area contributed by atoms with Gasteiger partial charge in [-0.15, -0.1) is 0 Å². The first kappa shape index (κ1) is 20.7. The SMILES string of the molecule is COc1cccc(/C=C/C(=O)N(C)CC(=O)NCc2ccc(C(=O)O)cc2)c1. The van der Waals surface area contributed by atoms with E-state index in [0.717, 1.165) is 11.1 Å². The van der Waals surface area contributed by atoms with Crippen LogP contribution in [0, 0.1) is 0 Å². The monoisotopic (exact) mass is 382 g/mol. The Morgan fingerprint density at radius 3 is 2.50 bits per heavy atom. The molecular formula is C21H22N2O5. The summed E-state index contributed by atoms with van der Waals surface area (Å²) in [5.41, 5.74) is 1.77. The number of rotatable bonds is 8. The number of ether oxygens (including phenoxy) is 1. The first-order valence-corrected chi connectivity index (χ1v) is 8.55. The third-order valence-corrected chi connectivity index (χ3v) is 3.96. The number of carbonyl (C=O) groups is 3. The van der Waals surface area contributed by atoms with E-state index in [1.807, 2.05) is 18.2 Å². The van der Waals surface area contributed by atoms with Crippen LogP contribution in [0.25, 0.3) is 6.08 Å². The number of aromatic carboxylic acids is 1. The number of carbonyl (C=O) groups excluding carboxylic acids is 2. The number of nitrogens with one attached hydrogen (secondary N) is 1. The summed E-state index contributed by atoms with van der Waals surface area (Å²) in [6, 6.07) is 13.5. The molecular weight excluding hydrogens is 360 g/mol. The summed E-state index contributed by atoms with van der Waals surface area (Å²) in [4.78, 5) is 36.3. The second-order valence-electron chi connectivity index (χ2n) is 6.08. The van der Waals surface area contributed by atoms with Crippen molar-refractivity contribution in [2.24, 2.45) is 0 Å². The fraction of sp³-hybridized carbons (Fsp3) is 0.190. The van der Waals surface area contributed by atoms with Crippen LogP contribution in [0.3, 0.4) is 0 Å². The summed E-state index contributed by atoms with van der Waals surface area (Å²) in [7, 11) is 3.11. The number of carboxylic acid groups (broad SMARTS) is 1. The molecule has 2 rings (SSSR count). The summed E-state index contributed by atoms with van der Waals surface area (Å²) in [5, 5.41) is 11.6. The number of likely N-dealkylation sites (N-methyl/N-ethyl adjacent to an activating group) is 1. The maximum absolute atomic E-state index is 12.2. The third-order valence-electron chi connectivity index (χ3n) is 3.96. The molecule has 28 heavy (non-hydrogen) atoms. The topological polar surface area (TPSA) is 95.9 Å². The molecule has 2 amide bonds. The standard InChI is InChI=1S/C21H22N2O5/c1-23(20(25)11-8-15-4-3-5-18(12-15)28-2)14-19(24)22-13-16-6-9-17(10-7-16)21(26)27/h3-12H,13-14H2,1-2H3,(H,22,24)(H,26,27)/b11-8+. The first-order valence-electron chi connectivity index (χ1n) is 8.55. The first-order chi connectivity index (χ1) is 13.4. The molecule has 146 valence electrons. The van der Waals surface area contributed by atoms with Gasteiger partial charge in [0.05, 0.1) is 19.2 Å². The number of benzene rings is 2. The lowest BCUT2D eigenvalue weighted by Gasteiger charge is -2.15. The minimum Gasteiger partial charge on any atom is -0.497 e. The molecule has 2 aromatic carbocycles. The highest BCUT2D eigenvalue weighted by molar-refractivity contribution is 5.94. The van der Waals surface area contributed by atoms with Crippen molar-refractivity contribution in [3.8, 4) is 5.75 Å². The molecule has 0 aliphatic heterocycles.